The number of halogens is 2. The van der Waals surface area contributed by atoms with Gasteiger partial charge >= 0.3 is 0 Å². The second-order valence-corrected chi connectivity index (χ2v) is 6.92. The zero-order valence-corrected chi connectivity index (χ0v) is 14.3. The molecule has 0 aromatic heterocycles. The fraction of sp³-hybridized carbons (Fsp3) is 0.294. The Labute approximate surface area is 134 Å². The highest BCUT2D eigenvalue weighted by atomic mass is 79.9. The molecule has 0 amide bonds. The van der Waals surface area contributed by atoms with Crippen molar-refractivity contribution in [1.82, 2.24) is 0 Å². The summed E-state index contributed by atoms with van der Waals surface area (Å²) in [4.78, 5) is 0. The molecule has 20 heavy (non-hydrogen) atoms. The number of ether oxygens (including phenoxy) is 1. The van der Waals surface area contributed by atoms with E-state index in [-0.39, 0.29) is 5.41 Å². The molecule has 3 heteroatoms. The lowest BCUT2D eigenvalue weighted by atomic mass is 9.86. The van der Waals surface area contributed by atoms with Gasteiger partial charge in [-0.15, -0.1) is 11.6 Å². The van der Waals surface area contributed by atoms with E-state index in [9.17, 15) is 0 Å². The maximum absolute atomic E-state index is 6.12. The van der Waals surface area contributed by atoms with Gasteiger partial charge in [-0.05, 0) is 23.6 Å². The lowest BCUT2D eigenvalue weighted by molar-refractivity contribution is 0.452. The van der Waals surface area contributed by atoms with E-state index in [0.717, 1.165) is 21.5 Å². The van der Waals surface area contributed by atoms with Gasteiger partial charge in [0.2, 0.25) is 0 Å². The quantitative estimate of drug-likeness (QED) is 0.590. The number of hydrogen-bond acceptors (Lipinski definition) is 1. The normalized spacial score (nSPS) is 11.4. The van der Waals surface area contributed by atoms with E-state index in [1.807, 2.05) is 36.4 Å². The molecule has 0 spiro atoms. The van der Waals surface area contributed by atoms with Crippen LogP contribution in [0.3, 0.4) is 0 Å². The van der Waals surface area contributed by atoms with E-state index in [1.54, 1.807) is 0 Å². The van der Waals surface area contributed by atoms with Crippen molar-refractivity contribution in [2.45, 2.75) is 32.1 Å². The Balaban J connectivity index is 2.43. The summed E-state index contributed by atoms with van der Waals surface area (Å²) in [5, 5.41) is 0. The minimum Gasteiger partial charge on any atom is -0.457 e. The smallest absolute Gasteiger partial charge is 0.132 e. The predicted octanol–water partition coefficient (Wildman–Crippen LogP) is 6.28. The molecule has 0 unspecified atom stereocenters. The van der Waals surface area contributed by atoms with E-state index in [4.69, 9.17) is 16.3 Å². The van der Waals surface area contributed by atoms with Gasteiger partial charge in [0.1, 0.15) is 11.5 Å². The van der Waals surface area contributed by atoms with E-state index in [0.29, 0.717) is 5.88 Å². The van der Waals surface area contributed by atoms with E-state index in [2.05, 4.69) is 42.8 Å². The molecule has 0 saturated carbocycles. The van der Waals surface area contributed by atoms with Crippen LogP contribution in [0.15, 0.2) is 46.9 Å². The maximum atomic E-state index is 6.12. The summed E-state index contributed by atoms with van der Waals surface area (Å²) in [5.41, 5.74) is 2.20. The fourth-order valence-corrected chi connectivity index (χ4v) is 2.59. The molecule has 0 heterocycles. The van der Waals surface area contributed by atoms with Gasteiger partial charge in [-0.3, -0.25) is 0 Å². The molecule has 0 fully saturated rings. The highest BCUT2D eigenvalue weighted by molar-refractivity contribution is 9.10. The van der Waals surface area contributed by atoms with E-state index >= 15 is 0 Å². The summed E-state index contributed by atoms with van der Waals surface area (Å²) in [6.45, 7) is 6.54. The Morgan fingerprint density at radius 2 is 1.75 bits per heavy atom. The van der Waals surface area contributed by atoms with Gasteiger partial charge in [-0.25, -0.2) is 0 Å². The van der Waals surface area contributed by atoms with Crippen molar-refractivity contribution in [3.63, 3.8) is 0 Å². The number of para-hydroxylation sites is 1. The van der Waals surface area contributed by atoms with Crippen LogP contribution in [0, 0.1) is 0 Å². The second-order valence-electron chi connectivity index (χ2n) is 5.73. The first-order chi connectivity index (χ1) is 9.41. The molecule has 0 radical (unpaired) electrons. The lowest BCUT2D eigenvalue weighted by Gasteiger charge is -2.23. The SMILES string of the molecule is CC(C)(C)c1ccccc1Oc1cc(Br)ccc1CCl. The van der Waals surface area contributed by atoms with Crippen LogP contribution in [-0.4, -0.2) is 0 Å². The van der Waals surface area contributed by atoms with Gasteiger partial charge in [0.25, 0.3) is 0 Å². The van der Waals surface area contributed by atoms with Crippen molar-refractivity contribution in [2.24, 2.45) is 0 Å². The number of hydrogen-bond donors (Lipinski definition) is 0. The zero-order chi connectivity index (χ0) is 14.8. The molecule has 0 atom stereocenters. The Morgan fingerprint density at radius 3 is 2.40 bits per heavy atom. The molecule has 2 aromatic carbocycles. The third kappa shape index (κ3) is 3.56. The topological polar surface area (TPSA) is 9.23 Å². The number of rotatable bonds is 3. The van der Waals surface area contributed by atoms with Gasteiger partial charge in [-0.2, -0.15) is 0 Å². The van der Waals surface area contributed by atoms with Crippen LogP contribution in [-0.2, 0) is 11.3 Å². The fourth-order valence-electron chi connectivity index (χ4n) is 2.03. The van der Waals surface area contributed by atoms with Crippen LogP contribution in [0.5, 0.6) is 11.5 Å². The van der Waals surface area contributed by atoms with E-state index < -0.39 is 0 Å². The van der Waals surface area contributed by atoms with E-state index in [1.165, 1.54) is 5.56 Å². The molecule has 1 nitrogen and oxygen atoms in total. The molecule has 0 bridgehead atoms. The Kier molecular flexibility index (Phi) is 4.77. The van der Waals surface area contributed by atoms with Crippen molar-refractivity contribution in [2.75, 3.05) is 0 Å². The largest absolute Gasteiger partial charge is 0.457 e. The summed E-state index contributed by atoms with van der Waals surface area (Å²) in [5.74, 6) is 2.11. The highest BCUT2D eigenvalue weighted by Crippen LogP contribution is 2.36. The van der Waals surface area contributed by atoms with Gasteiger partial charge < -0.3 is 4.74 Å². The average Bonchev–Trinajstić information content (AvgIpc) is 2.38. The van der Waals surface area contributed by atoms with Gasteiger partial charge in [0, 0.05) is 15.6 Å². The summed E-state index contributed by atoms with van der Waals surface area (Å²) in [6, 6.07) is 14.0. The van der Waals surface area contributed by atoms with Crippen LogP contribution >= 0.6 is 27.5 Å². The first kappa shape index (κ1) is 15.4. The summed E-state index contributed by atoms with van der Waals surface area (Å²) in [6.07, 6.45) is 0. The Morgan fingerprint density at radius 1 is 1.05 bits per heavy atom. The molecule has 2 rings (SSSR count). The second kappa shape index (κ2) is 6.19. The molecule has 0 saturated heterocycles. The monoisotopic (exact) mass is 352 g/mol. The third-order valence-electron chi connectivity index (χ3n) is 3.09. The molecule has 0 aliphatic rings. The summed E-state index contributed by atoms with van der Waals surface area (Å²) < 4.78 is 7.11. The minimum atomic E-state index is 0.0315. The summed E-state index contributed by atoms with van der Waals surface area (Å²) >= 11 is 9.46. The van der Waals surface area contributed by atoms with Crippen molar-refractivity contribution in [3.05, 3.63) is 58.1 Å². The Bertz CT molecular complexity index is 602. The average molecular weight is 354 g/mol. The standard InChI is InChI=1S/C17H18BrClO/c1-17(2,3)14-6-4-5-7-15(14)20-16-10-13(18)9-8-12(16)11-19/h4-10H,11H2,1-3H3. The van der Waals surface area contributed by atoms with Crippen LogP contribution in [0.2, 0.25) is 0 Å². The number of benzene rings is 2. The van der Waals surface area contributed by atoms with Crippen molar-refractivity contribution < 1.29 is 4.74 Å². The molecule has 106 valence electrons. The zero-order valence-electron chi connectivity index (χ0n) is 11.9. The van der Waals surface area contributed by atoms with Crippen LogP contribution in [0.25, 0.3) is 0 Å². The van der Waals surface area contributed by atoms with Crippen LogP contribution in [0.1, 0.15) is 31.9 Å². The first-order valence-corrected chi connectivity index (χ1v) is 7.86. The maximum Gasteiger partial charge on any atom is 0.132 e. The van der Waals surface area contributed by atoms with Crippen molar-refractivity contribution in [3.8, 4) is 11.5 Å². The molecule has 0 aliphatic heterocycles. The van der Waals surface area contributed by atoms with Crippen molar-refractivity contribution >= 4 is 27.5 Å². The lowest BCUT2D eigenvalue weighted by Crippen LogP contribution is -2.12. The third-order valence-corrected chi connectivity index (χ3v) is 3.87. The van der Waals surface area contributed by atoms with Gasteiger partial charge in [-0.1, -0.05) is 61.0 Å². The molecule has 0 aliphatic carbocycles. The van der Waals surface area contributed by atoms with Crippen LogP contribution < -0.4 is 4.74 Å². The first-order valence-electron chi connectivity index (χ1n) is 6.53. The molecule has 0 N–H and O–H groups in total. The highest BCUT2D eigenvalue weighted by Gasteiger charge is 2.19. The predicted molar refractivity (Wildman–Crippen MR) is 88.9 cm³/mol. The summed E-state index contributed by atoms with van der Waals surface area (Å²) in [7, 11) is 0. The number of alkyl halides is 1. The van der Waals surface area contributed by atoms with Crippen LogP contribution in [0.4, 0.5) is 0 Å². The van der Waals surface area contributed by atoms with Crippen molar-refractivity contribution in [1.29, 1.82) is 0 Å². The molecular weight excluding hydrogens is 336 g/mol. The van der Waals surface area contributed by atoms with Gasteiger partial charge in [0.05, 0.1) is 5.88 Å². The molecular formula is C17H18BrClO. The minimum absolute atomic E-state index is 0.0315. The molecule has 2 aromatic rings. The Hall–Kier alpha value is -0.990. The van der Waals surface area contributed by atoms with Gasteiger partial charge in [0.15, 0.2) is 0 Å².